The van der Waals surface area contributed by atoms with Crippen LogP contribution in [0, 0.1) is 21.4 Å². The molecule has 0 aliphatic heterocycles. The number of rotatable bonds is 4. The van der Waals surface area contributed by atoms with E-state index in [1.165, 1.54) is 30.3 Å². The van der Waals surface area contributed by atoms with Crippen molar-refractivity contribution in [3.05, 3.63) is 75.8 Å². The summed E-state index contributed by atoms with van der Waals surface area (Å²) in [6, 6.07) is 16.3. The Morgan fingerprint density at radius 1 is 1.18 bits per heavy atom. The van der Waals surface area contributed by atoms with E-state index in [2.05, 4.69) is 5.32 Å². The molecule has 108 valence electrons. The van der Waals surface area contributed by atoms with Gasteiger partial charge in [0.25, 0.3) is 11.6 Å². The summed E-state index contributed by atoms with van der Waals surface area (Å²) >= 11 is 0. The van der Waals surface area contributed by atoms with Crippen molar-refractivity contribution < 1.29 is 9.72 Å². The van der Waals surface area contributed by atoms with Crippen LogP contribution >= 0.6 is 0 Å². The number of hydrogen-bond donors (Lipinski definition) is 1. The monoisotopic (exact) mass is 293 g/mol. The van der Waals surface area contributed by atoms with Crippen molar-refractivity contribution in [1.82, 2.24) is 0 Å². The minimum atomic E-state index is -0.619. The van der Waals surface area contributed by atoms with E-state index in [0.29, 0.717) is 5.56 Å². The van der Waals surface area contributed by atoms with E-state index in [1.54, 1.807) is 24.3 Å². The van der Waals surface area contributed by atoms with Crippen LogP contribution in [-0.2, 0) is 4.79 Å². The third-order valence-corrected chi connectivity index (χ3v) is 2.79. The Bertz CT molecular complexity index is 777. The summed E-state index contributed by atoms with van der Waals surface area (Å²) in [5.41, 5.74) is 0.753. The van der Waals surface area contributed by atoms with Gasteiger partial charge in [-0.3, -0.25) is 14.9 Å². The number of nitro groups is 1. The summed E-state index contributed by atoms with van der Waals surface area (Å²) in [6.45, 7) is 0. The summed E-state index contributed by atoms with van der Waals surface area (Å²) in [6.07, 6.45) is 1.45. The third-order valence-electron chi connectivity index (χ3n) is 2.79. The van der Waals surface area contributed by atoms with Crippen LogP contribution in [0.5, 0.6) is 0 Å². The molecule has 22 heavy (non-hydrogen) atoms. The molecule has 0 saturated heterocycles. The van der Waals surface area contributed by atoms with Crippen LogP contribution in [0.2, 0.25) is 0 Å². The molecule has 0 saturated carbocycles. The SMILES string of the molecule is N#C/C(=C\c1ccccc1)C(=O)Nc1cccc([N+](=O)[O-])c1. The highest BCUT2D eigenvalue weighted by Gasteiger charge is 2.12. The van der Waals surface area contributed by atoms with Gasteiger partial charge in [0, 0.05) is 17.8 Å². The van der Waals surface area contributed by atoms with Gasteiger partial charge < -0.3 is 5.32 Å². The van der Waals surface area contributed by atoms with E-state index in [1.807, 2.05) is 12.1 Å². The number of non-ortho nitro benzene ring substituents is 1. The van der Waals surface area contributed by atoms with Crippen molar-refractivity contribution >= 4 is 23.4 Å². The quantitative estimate of drug-likeness (QED) is 0.405. The maximum absolute atomic E-state index is 12.1. The van der Waals surface area contributed by atoms with Crippen LogP contribution in [0.15, 0.2) is 60.2 Å². The zero-order valence-corrected chi connectivity index (χ0v) is 11.4. The molecule has 0 aromatic heterocycles. The lowest BCUT2D eigenvalue weighted by Gasteiger charge is -2.04. The Balaban J connectivity index is 2.20. The first-order valence-corrected chi connectivity index (χ1v) is 6.33. The molecule has 0 aliphatic rings. The van der Waals surface area contributed by atoms with Gasteiger partial charge in [0.05, 0.1) is 4.92 Å². The average molecular weight is 293 g/mol. The number of nitriles is 1. The number of hydrogen-bond acceptors (Lipinski definition) is 4. The molecule has 2 aromatic rings. The topological polar surface area (TPSA) is 96.0 Å². The summed E-state index contributed by atoms with van der Waals surface area (Å²) in [5, 5.41) is 22.3. The molecule has 2 aromatic carbocycles. The Kier molecular flexibility index (Phi) is 4.63. The molecule has 0 heterocycles. The van der Waals surface area contributed by atoms with Gasteiger partial charge in [0.1, 0.15) is 11.6 Å². The molecule has 0 fully saturated rings. The predicted octanol–water partition coefficient (Wildman–Crippen LogP) is 3.14. The molecule has 0 bridgehead atoms. The minimum absolute atomic E-state index is 0.0855. The molecule has 2 rings (SSSR count). The van der Waals surface area contributed by atoms with Crippen LogP contribution in [0.3, 0.4) is 0 Å². The summed E-state index contributed by atoms with van der Waals surface area (Å²) < 4.78 is 0. The first-order valence-electron chi connectivity index (χ1n) is 6.33. The zero-order chi connectivity index (χ0) is 15.9. The Hall–Kier alpha value is -3.46. The fourth-order valence-corrected chi connectivity index (χ4v) is 1.76. The van der Waals surface area contributed by atoms with Gasteiger partial charge in [0.15, 0.2) is 0 Å². The summed E-state index contributed by atoms with van der Waals surface area (Å²) in [5.74, 6) is -0.619. The summed E-state index contributed by atoms with van der Waals surface area (Å²) in [4.78, 5) is 22.2. The zero-order valence-electron chi connectivity index (χ0n) is 11.4. The van der Waals surface area contributed by atoms with Gasteiger partial charge in [0.2, 0.25) is 0 Å². The molecule has 0 spiro atoms. The highest BCUT2D eigenvalue weighted by molar-refractivity contribution is 6.09. The van der Waals surface area contributed by atoms with Gasteiger partial charge in [-0.15, -0.1) is 0 Å². The van der Waals surface area contributed by atoms with Crippen molar-refractivity contribution in [2.75, 3.05) is 5.32 Å². The van der Waals surface area contributed by atoms with Crippen molar-refractivity contribution in [1.29, 1.82) is 5.26 Å². The number of carbonyl (C=O) groups is 1. The van der Waals surface area contributed by atoms with E-state index in [4.69, 9.17) is 5.26 Å². The van der Waals surface area contributed by atoms with Gasteiger partial charge in [-0.25, -0.2) is 0 Å². The first kappa shape index (κ1) is 14.9. The fourth-order valence-electron chi connectivity index (χ4n) is 1.76. The number of anilines is 1. The van der Waals surface area contributed by atoms with Crippen molar-refractivity contribution in [2.24, 2.45) is 0 Å². The number of amides is 1. The maximum atomic E-state index is 12.1. The molecule has 6 heteroatoms. The lowest BCUT2D eigenvalue weighted by Crippen LogP contribution is -2.13. The maximum Gasteiger partial charge on any atom is 0.271 e. The van der Waals surface area contributed by atoms with Crippen LogP contribution in [0.4, 0.5) is 11.4 Å². The largest absolute Gasteiger partial charge is 0.321 e. The molecule has 0 unspecified atom stereocenters. The lowest BCUT2D eigenvalue weighted by atomic mass is 10.1. The Labute approximate surface area is 126 Å². The second kappa shape index (κ2) is 6.81. The smallest absolute Gasteiger partial charge is 0.271 e. The summed E-state index contributed by atoms with van der Waals surface area (Å²) in [7, 11) is 0. The molecular formula is C16H11N3O3. The van der Waals surface area contributed by atoms with Crippen molar-refractivity contribution in [3.63, 3.8) is 0 Å². The van der Waals surface area contributed by atoms with E-state index >= 15 is 0 Å². The second-order valence-electron chi connectivity index (χ2n) is 4.34. The molecule has 1 amide bonds. The molecule has 6 nitrogen and oxygen atoms in total. The molecule has 0 atom stereocenters. The lowest BCUT2D eigenvalue weighted by molar-refractivity contribution is -0.384. The fraction of sp³-hybridized carbons (Fsp3) is 0. The molecule has 1 N–H and O–H groups in total. The van der Waals surface area contributed by atoms with E-state index in [-0.39, 0.29) is 16.9 Å². The van der Waals surface area contributed by atoms with Gasteiger partial charge >= 0.3 is 0 Å². The van der Waals surface area contributed by atoms with Crippen molar-refractivity contribution in [2.45, 2.75) is 0 Å². The molecule has 0 aliphatic carbocycles. The Morgan fingerprint density at radius 2 is 1.91 bits per heavy atom. The van der Waals surface area contributed by atoms with Gasteiger partial charge in [-0.1, -0.05) is 36.4 Å². The average Bonchev–Trinajstić information content (AvgIpc) is 2.53. The van der Waals surface area contributed by atoms with Crippen LogP contribution in [0.25, 0.3) is 6.08 Å². The van der Waals surface area contributed by atoms with Crippen LogP contribution in [0.1, 0.15) is 5.56 Å². The van der Waals surface area contributed by atoms with E-state index in [9.17, 15) is 14.9 Å². The van der Waals surface area contributed by atoms with E-state index in [0.717, 1.165) is 0 Å². The number of benzene rings is 2. The minimum Gasteiger partial charge on any atom is -0.321 e. The number of carbonyl (C=O) groups excluding carboxylic acids is 1. The molecule has 0 radical (unpaired) electrons. The Morgan fingerprint density at radius 3 is 2.55 bits per heavy atom. The number of nitrogens with zero attached hydrogens (tertiary/aromatic N) is 2. The second-order valence-corrected chi connectivity index (χ2v) is 4.34. The first-order chi connectivity index (χ1) is 10.6. The van der Waals surface area contributed by atoms with Crippen LogP contribution in [-0.4, -0.2) is 10.8 Å². The predicted molar refractivity (Wildman–Crippen MR) is 81.8 cm³/mol. The van der Waals surface area contributed by atoms with Gasteiger partial charge in [-0.2, -0.15) is 5.26 Å². The normalized spacial score (nSPS) is 10.6. The van der Waals surface area contributed by atoms with E-state index < -0.39 is 10.8 Å². The van der Waals surface area contributed by atoms with Gasteiger partial charge in [-0.05, 0) is 17.7 Å². The van der Waals surface area contributed by atoms with Crippen molar-refractivity contribution in [3.8, 4) is 6.07 Å². The number of nitro benzene ring substituents is 1. The number of nitrogens with one attached hydrogen (secondary N) is 1. The third kappa shape index (κ3) is 3.77. The molecular weight excluding hydrogens is 282 g/mol. The van der Waals surface area contributed by atoms with Crippen LogP contribution < -0.4 is 5.32 Å². The standard InChI is InChI=1S/C16H11N3O3/c17-11-13(9-12-5-2-1-3-6-12)16(20)18-14-7-4-8-15(10-14)19(21)22/h1-10H,(H,18,20)/b13-9+. The highest BCUT2D eigenvalue weighted by Crippen LogP contribution is 2.18. The highest BCUT2D eigenvalue weighted by atomic mass is 16.6.